The van der Waals surface area contributed by atoms with Crippen LogP contribution in [0.25, 0.3) is 0 Å². The van der Waals surface area contributed by atoms with Gasteiger partial charge in [0, 0.05) is 6.54 Å². The number of halogens is 1. The third-order valence-corrected chi connectivity index (χ3v) is 4.44. The fourth-order valence-electron chi connectivity index (χ4n) is 2.45. The second-order valence-corrected chi connectivity index (χ2v) is 5.70. The maximum atomic E-state index is 5.26. The molecule has 1 unspecified atom stereocenters. The van der Waals surface area contributed by atoms with Gasteiger partial charge in [0.25, 0.3) is 0 Å². The molecule has 0 saturated carbocycles. The second-order valence-electron chi connectivity index (χ2n) is 4.95. The van der Waals surface area contributed by atoms with Gasteiger partial charge in [-0.25, -0.2) is 0 Å². The molecule has 2 aliphatic rings. The van der Waals surface area contributed by atoms with Crippen LogP contribution in [0.3, 0.4) is 0 Å². The zero-order valence-corrected chi connectivity index (χ0v) is 12.4. The van der Waals surface area contributed by atoms with Gasteiger partial charge in [0.2, 0.25) is 0 Å². The quantitative estimate of drug-likeness (QED) is 0.486. The van der Waals surface area contributed by atoms with Crippen molar-refractivity contribution in [2.75, 3.05) is 26.3 Å². The Hall–Kier alpha value is -0.460. The molecule has 2 rings (SSSR count). The number of rotatable bonds is 3. The van der Waals surface area contributed by atoms with Crippen LogP contribution >= 0.6 is 15.9 Å². The molecule has 0 radical (unpaired) electrons. The second kappa shape index (κ2) is 6.63. The first-order chi connectivity index (χ1) is 8.70. The summed E-state index contributed by atoms with van der Waals surface area (Å²) in [4.78, 5) is 7.25. The molecular formula is C12H21BrN4O. The number of hydrogen-bond donors (Lipinski definition) is 1. The number of nitrogens with zero attached hydrogens (tertiary/aromatic N) is 3. The first-order valence-electron chi connectivity index (χ1n) is 6.50. The zero-order chi connectivity index (χ0) is 13.0. The fraction of sp³-hybridized carbons (Fsp3) is 0.833. The molecule has 0 aromatic heterocycles. The van der Waals surface area contributed by atoms with E-state index in [0.717, 1.165) is 38.3 Å². The Morgan fingerprint density at radius 3 is 2.72 bits per heavy atom. The van der Waals surface area contributed by atoms with E-state index in [1.807, 2.05) is 6.92 Å². The SMILES string of the molecule is CC(=NC1CCCN(C2COC2)CC1)/C(Br)=N\N. The van der Waals surface area contributed by atoms with Gasteiger partial charge in [0.05, 0.1) is 31.0 Å². The van der Waals surface area contributed by atoms with Gasteiger partial charge in [0.1, 0.15) is 4.62 Å². The summed E-state index contributed by atoms with van der Waals surface area (Å²) in [6.07, 6.45) is 3.46. The molecule has 2 heterocycles. The molecular weight excluding hydrogens is 296 g/mol. The molecule has 2 aliphatic heterocycles. The van der Waals surface area contributed by atoms with Crippen LogP contribution < -0.4 is 5.84 Å². The standard InChI is InChI=1S/C12H21BrN4O/c1-9(12(13)16-14)15-10-3-2-5-17(6-4-10)11-7-18-8-11/h10-11H,2-8,14H2,1H3/b15-9?,16-12+. The van der Waals surface area contributed by atoms with Crippen molar-refractivity contribution in [3.63, 3.8) is 0 Å². The molecule has 2 N–H and O–H groups in total. The molecule has 0 aliphatic carbocycles. The predicted octanol–water partition coefficient (Wildman–Crippen LogP) is 1.37. The van der Waals surface area contributed by atoms with Crippen molar-refractivity contribution in [1.29, 1.82) is 0 Å². The van der Waals surface area contributed by atoms with Gasteiger partial charge in [-0.15, -0.1) is 0 Å². The third-order valence-electron chi connectivity index (χ3n) is 3.66. The Balaban J connectivity index is 1.88. The first kappa shape index (κ1) is 14.0. The van der Waals surface area contributed by atoms with Crippen LogP contribution in [0.4, 0.5) is 0 Å². The van der Waals surface area contributed by atoms with E-state index in [1.165, 1.54) is 13.0 Å². The average molecular weight is 317 g/mol. The molecule has 2 fully saturated rings. The van der Waals surface area contributed by atoms with Gasteiger partial charge < -0.3 is 10.6 Å². The van der Waals surface area contributed by atoms with Crippen LogP contribution in [0.5, 0.6) is 0 Å². The topological polar surface area (TPSA) is 63.2 Å². The summed E-state index contributed by atoms with van der Waals surface area (Å²) >= 11 is 3.31. The normalized spacial score (nSPS) is 28.9. The number of likely N-dealkylation sites (tertiary alicyclic amines) is 1. The molecule has 0 aromatic rings. The van der Waals surface area contributed by atoms with Crippen LogP contribution in [0.2, 0.25) is 0 Å². The molecule has 1 atom stereocenters. The Morgan fingerprint density at radius 2 is 2.11 bits per heavy atom. The van der Waals surface area contributed by atoms with Crippen molar-refractivity contribution < 1.29 is 4.74 Å². The summed E-state index contributed by atoms with van der Waals surface area (Å²) in [5, 5.41) is 3.62. The Labute approximate surface area is 117 Å². The largest absolute Gasteiger partial charge is 0.378 e. The smallest absolute Gasteiger partial charge is 0.146 e. The monoisotopic (exact) mass is 316 g/mol. The molecule has 102 valence electrons. The van der Waals surface area contributed by atoms with Crippen molar-refractivity contribution in [3.8, 4) is 0 Å². The van der Waals surface area contributed by atoms with Gasteiger partial charge in [-0.3, -0.25) is 9.89 Å². The molecule has 18 heavy (non-hydrogen) atoms. The minimum absolute atomic E-state index is 0.394. The van der Waals surface area contributed by atoms with E-state index in [2.05, 4.69) is 25.9 Å². The summed E-state index contributed by atoms with van der Waals surface area (Å²) in [6.45, 7) is 6.04. The Morgan fingerprint density at radius 1 is 1.33 bits per heavy atom. The van der Waals surface area contributed by atoms with Crippen LogP contribution in [-0.4, -0.2) is 53.6 Å². The lowest BCUT2D eigenvalue weighted by Crippen LogP contribution is -2.49. The van der Waals surface area contributed by atoms with Gasteiger partial charge in [-0.2, -0.15) is 5.10 Å². The van der Waals surface area contributed by atoms with Crippen LogP contribution in [0, 0.1) is 0 Å². The van der Waals surface area contributed by atoms with E-state index in [9.17, 15) is 0 Å². The van der Waals surface area contributed by atoms with Gasteiger partial charge in [-0.1, -0.05) is 0 Å². The van der Waals surface area contributed by atoms with E-state index in [-0.39, 0.29) is 0 Å². The third kappa shape index (κ3) is 3.52. The zero-order valence-electron chi connectivity index (χ0n) is 10.8. The lowest BCUT2D eigenvalue weighted by atomic mass is 10.1. The van der Waals surface area contributed by atoms with Gasteiger partial charge in [-0.05, 0) is 48.7 Å². The Bertz CT molecular complexity index is 341. The van der Waals surface area contributed by atoms with Crippen molar-refractivity contribution >= 4 is 26.3 Å². The van der Waals surface area contributed by atoms with Crippen LogP contribution in [-0.2, 0) is 4.74 Å². The summed E-state index contributed by atoms with van der Waals surface area (Å²) in [7, 11) is 0. The summed E-state index contributed by atoms with van der Waals surface area (Å²) in [5.74, 6) is 5.23. The van der Waals surface area contributed by atoms with E-state index < -0.39 is 0 Å². The fourth-order valence-corrected chi connectivity index (χ4v) is 2.55. The number of ether oxygens (including phenoxy) is 1. The predicted molar refractivity (Wildman–Crippen MR) is 77.5 cm³/mol. The summed E-state index contributed by atoms with van der Waals surface area (Å²) in [6, 6.07) is 1.04. The minimum Gasteiger partial charge on any atom is -0.378 e. The highest BCUT2D eigenvalue weighted by Crippen LogP contribution is 2.19. The van der Waals surface area contributed by atoms with Crippen molar-refractivity contribution in [2.24, 2.45) is 15.9 Å². The van der Waals surface area contributed by atoms with E-state index in [1.54, 1.807) is 0 Å². The van der Waals surface area contributed by atoms with Crippen molar-refractivity contribution in [2.45, 2.75) is 38.3 Å². The first-order valence-corrected chi connectivity index (χ1v) is 7.30. The highest BCUT2D eigenvalue weighted by atomic mass is 79.9. The lowest BCUT2D eigenvalue weighted by molar-refractivity contribution is -0.0637. The molecule has 2 saturated heterocycles. The van der Waals surface area contributed by atoms with Gasteiger partial charge in [0.15, 0.2) is 0 Å². The maximum Gasteiger partial charge on any atom is 0.146 e. The minimum atomic E-state index is 0.394. The van der Waals surface area contributed by atoms with E-state index in [0.29, 0.717) is 16.7 Å². The number of nitrogens with two attached hydrogens (primary N) is 1. The van der Waals surface area contributed by atoms with Gasteiger partial charge >= 0.3 is 0 Å². The van der Waals surface area contributed by atoms with E-state index in [4.69, 9.17) is 15.6 Å². The number of hydrazone groups is 1. The lowest BCUT2D eigenvalue weighted by Gasteiger charge is -2.36. The number of hydrogen-bond acceptors (Lipinski definition) is 5. The van der Waals surface area contributed by atoms with Crippen molar-refractivity contribution in [3.05, 3.63) is 0 Å². The molecule has 6 heteroatoms. The van der Waals surface area contributed by atoms with Crippen LogP contribution in [0.15, 0.2) is 10.1 Å². The summed E-state index contributed by atoms with van der Waals surface area (Å²) in [5.41, 5.74) is 0.892. The van der Waals surface area contributed by atoms with Crippen molar-refractivity contribution in [1.82, 2.24) is 4.90 Å². The highest BCUT2D eigenvalue weighted by Gasteiger charge is 2.27. The molecule has 5 nitrogen and oxygen atoms in total. The molecule has 0 amide bonds. The highest BCUT2D eigenvalue weighted by molar-refractivity contribution is 9.19. The summed E-state index contributed by atoms with van der Waals surface area (Å²) < 4.78 is 5.91. The molecule has 0 aromatic carbocycles. The molecule has 0 bridgehead atoms. The van der Waals surface area contributed by atoms with E-state index >= 15 is 0 Å². The molecule has 0 spiro atoms. The Kier molecular flexibility index (Phi) is 5.14. The average Bonchev–Trinajstić information content (AvgIpc) is 2.52. The van der Waals surface area contributed by atoms with Crippen LogP contribution in [0.1, 0.15) is 26.2 Å². The number of aliphatic imine (C=N–C) groups is 1. The maximum absolute atomic E-state index is 5.26.